The van der Waals surface area contributed by atoms with Gasteiger partial charge in [-0.05, 0) is 56.3 Å². The zero-order valence-electron chi connectivity index (χ0n) is 22.1. The lowest BCUT2D eigenvalue weighted by Gasteiger charge is -2.38. The van der Waals surface area contributed by atoms with Gasteiger partial charge in [0, 0.05) is 38.2 Å². The van der Waals surface area contributed by atoms with Crippen molar-refractivity contribution >= 4 is 35.2 Å². The van der Waals surface area contributed by atoms with E-state index in [1.54, 1.807) is 0 Å². The van der Waals surface area contributed by atoms with Gasteiger partial charge in [-0.25, -0.2) is 17.2 Å². The number of aromatic nitrogens is 1. The lowest BCUT2D eigenvalue weighted by molar-refractivity contribution is -0.104. The summed E-state index contributed by atoms with van der Waals surface area (Å²) in [6.45, 7) is 8.23. The van der Waals surface area contributed by atoms with Crippen LogP contribution in [0.4, 0.5) is 20.2 Å². The smallest absolute Gasteiger partial charge is 0.274 e. The third-order valence-corrected chi connectivity index (χ3v) is 13.4. The predicted molar refractivity (Wildman–Crippen MR) is 146 cm³/mol. The Morgan fingerprint density at radius 1 is 1.18 bits per heavy atom. The van der Waals surface area contributed by atoms with E-state index < -0.39 is 65.5 Å². The number of aliphatic hydroxyl groups excluding tert-OH is 1. The number of amides is 1. The average molecular weight is 568 g/mol. The van der Waals surface area contributed by atoms with Gasteiger partial charge in [0.05, 0.1) is 35.6 Å². The summed E-state index contributed by atoms with van der Waals surface area (Å²) in [4.78, 5) is 28.4. The molecule has 0 atom stereocenters. The van der Waals surface area contributed by atoms with Crippen LogP contribution in [0.3, 0.4) is 0 Å². The fraction of sp³-hybridized carbons (Fsp3) is 0.538. The number of hydrogen-bond donors (Lipinski definition) is 2. The first kappa shape index (κ1) is 28.4. The molecule has 2 aromatic rings. The zero-order chi connectivity index (χ0) is 28.1. The van der Waals surface area contributed by atoms with Crippen LogP contribution in [0.5, 0.6) is 0 Å². The molecular weight excluding hydrogens is 532 g/mol. The molecule has 208 valence electrons. The molecule has 2 fully saturated rings. The SMILES string of the molecule is CC(C)(CO)S(=O)(=O)c1ccc(C(=O)Nc2cccn(C3CC(F)(F)C3)c2=O)c(N2CC[Si](C)(C)CC2)c1. The number of nitrogens with one attached hydrogen (secondary N) is 1. The van der Waals surface area contributed by atoms with Gasteiger partial charge in [0.1, 0.15) is 5.69 Å². The Labute approximate surface area is 222 Å². The van der Waals surface area contributed by atoms with Crippen LogP contribution in [0.25, 0.3) is 0 Å². The standard InChI is InChI=1S/C26H35F2N3O5SSi/c1-25(2,17-32)37(35,36)19-7-8-20(22(14-19)30-10-12-38(3,4)13-11-30)23(33)29-21-6-5-9-31(24(21)34)18-15-26(27,28)16-18/h5-9,14,18,32H,10-13,15-17H2,1-4H3,(H,29,33). The van der Waals surface area contributed by atoms with Gasteiger partial charge in [0.2, 0.25) is 0 Å². The fourth-order valence-electron chi connectivity index (χ4n) is 4.80. The number of carbonyl (C=O) groups excluding carboxylic acids is 1. The first-order valence-electron chi connectivity index (χ1n) is 12.7. The number of anilines is 2. The normalized spacial score (nSPS) is 19.6. The molecule has 2 N–H and O–H groups in total. The number of nitrogens with zero attached hydrogens (tertiary/aromatic N) is 2. The highest BCUT2D eigenvalue weighted by Crippen LogP contribution is 2.44. The summed E-state index contributed by atoms with van der Waals surface area (Å²) >= 11 is 0. The van der Waals surface area contributed by atoms with E-state index in [1.807, 2.05) is 4.90 Å². The van der Waals surface area contributed by atoms with Gasteiger partial charge in [-0.15, -0.1) is 0 Å². The third-order valence-electron chi connectivity index (χ3n) is 7.77. The third kappa shape index (κ3) is 5.43. The Morgan fingerprint density at radius 3 is 2.39 bits per heavy atom. The Hall–Kier alpha value is -2.57. The molecule has 1 saturated carbocycles. The predicted octanol–water partition coefficient (Wildman–Crippen LogP) is 4.14. The average Bonchev–Trinajstić information content (AvgIpc) is 2.83. The molecule has 4 rings (SSSR count). The van der Waals surface area contributed by atoms with Crippen molar-refractivity contribution in [1.82, 2.24) is 4.57 Å². The molecule has 1 aliphatic heterocycles. The van der Waals surface area contributed by atoms with E-state index in [2.05, 4.69) is 18.4 Å². The highest BCUT2D eigenvalue weighted by atomic mass is 32.2. The molecule has 2 heterocycles. The number of carbonyl (C=O) groups is 1. The van der Waals surface area contributed by atoms with Crippen molar-refractivity contribution < 1.29 is 27.1 Å². The largest absolute Gasteiger partial charge is 0.395 e. The first-order chi connectivity index (χ1) is 17.6. The lowest BCUT2D eigenvalue weighted by atomic mass is 9.88. The molecule has 0 unspecified atom stereocenters. The number of rotatable bonds is 7. The van der Waals surface area contributed by atoms with Crippen LogP contribution < -0.4 is 15.8 Å². The van der Waals surface area contributed by atoms with Crippen LogP contribution in [0, 0.1) is 0 Å². The second-order valence-corrected chi connectivity index (χ2v) is 19.7. The van der Waals surface area contributed by atoms with Gasteiger partial charge in [-0.1, -0.05) is 13.1 Å². The van der Waals surface area contributed by atoms with E-state index in [9.17, 15) is 31.9 Å². The quantitative estimate of drug-likeness (QED) is 0.487. The van der Waals surface area contributed by atoms with Crippen LogP contribution in [0.15, 0.2) is 46.2 Å². The lowest BCUT2D eigenvalue weighted by Crippen LogP contribution is -2.43. The molecule has 1 aromatic carbocycles. The Kier molecular flexibility index (Phi) is 7.39. The molecule has 0 radical (unpaired) electrons. The number of aliphatic hydroxyl groups is 1. The van der Waals surface area contributed by atoms with E-state index in [-0.39, 0.29) is 16.1 Å². The maximum atomic E-state index is 13.5. The Balaban J connectivity index is 1.69. The van der Waals surface area contributed by atoms with Gasteiger partial charge >= 0.3 is 0 Å². The zero-order valence-corrected chi connectivity index (χ0v) is 23.9. The second kappa shape index (κ2) is 9.87. The van der Waals surface area contributed by atoms with E-state index in [0.29, 0.717) is 18.8 Å². The Bertz CT molecular complexity index is 1390. The van der Waals surface area contributed by atoms with Crippen molar-refractivity contribution in [3.8, 4) is 0 Å². The number of pyridine rings is 1. The van der Waals surface area contributed by atoms with E-state index in [1.165, 1.54) is 54.9 Å². The number of hydrogen-bond acceptors (Lipinski definition) is 6. The van der Waals surface area contributed by atoms with E-state index in [4.69, 9.17) is 0 Å². The molecule has 1 saturated heterocycles. The van der Waals surface area contributed by atoms with Gasteiger partial charge in [0.25, 0.3) is 17.4 Å². The van der Waals surface area contributed by atoms with E-state index in [0.717, 1.165) is 12.1 Å². The maximum Gasteiger partial charge on any atom is 0.274 e. The van der Waals surface area contributed by atoms with Crippen LogP contribution in [0.1, 0.15) is 43.1 Å². The summed E-state index contributed by atoms with van der Waals surface area (Å²) in [5.41, 5.74) is 0.0373. The van der Waals surface area contributed by atoms with E-state index >= 15 is 0 Å². The monoisotopic (exact) mass is 567 g/mol. The molecule has 1 amide bonds. The van der Waals surface area contributed by atoms with Gasteiger partial charge < -0.3 is 19.9 Å². The van der Waals surface area contributed by atoms with Gasteiger partial charge in [0.15, 0.2) is 9.84 Å². The van der Waals surface area contributed by atoms with Crippen molar-refractivity contribution in [3.05, 3.63) is 52.4 Å². The van der Waals surface area contributed by atoms with Crippen molar-refractivity contribution in [2.24, 2.45) is 0 Å². The molecule has 0 bridgehead atoms. The minimum atomic E-state index is -3.92. The number of benzene rings is 1. The topological polar surface area (TPSA) is 109 Å². The summed E-state index contributed by atoms with van der Waals surface area (Å²) in [5, 5.41) is 12.3. The van der Waals surface area contributed by atoms with Crippen LogP contribution in [0.2, 0.25) is 25.2 Å². The number of sulfone groups is 1. The minimum Gasteiger partial charge on any atom is -0.395 e. The highest BCUT2D eigenvalue weighted by Gasteiger charge is 2.46. The molecule has 8 nitrogen and oxygen atoms in total. The minimum absolute atomic E-state index is 0.00171. The molecule has 2 aliphatic rings. The highest BCUT2D eigenvalue weighted by molar-refractivity contribution is 7.92. The van der Waals surface area contributed by atoms with Crippen LogP contribution >= 0.6 is 0 Å². The van der Waals surface area contributed by atoms with Crippen molar-refractivity contribution in [2.75, 3.05) is 29.9 Å². The van der Waals surface area contributed by atoms with Crippen LogP contribution in [-0.2, 0) is 9.84 Å². The summed E-state index contributed by atoms with van der Waals surface area (Å²) < 4.78 is 53.1. The Morgan fingerprint density at radius 2 is 1.82 bits per heavy atom. The molecule has 1 aromatic heterocycles. The van der Waals surface area contributed by atoms with Crippen molar-refractivity contribution in [3.63, 3.8) is 0 Å². The molecule has 12 heteroatoms. The molecule has 38 heavy (non-hydrogen) atoms. The second-order valence-electron chi connectivity index (χ2n) is 11.8. The summed E-state index contributed by atoms with van der Waals surface area (Å²) in [7, 11) is -5.30. The van der Waals surface area contributed by atoms with Gasteiger partial charge in [-0.3, -0.25) is 9.59 Å². The van der Waals surface area contributed by atoms with Gasteiger partial charge in [-0.2, -0.15) is 0 Å². The number of alkyl halides is 2. The molecule has 0 spiro atoms. The number of halogens is 2. The maximum absolute atomic E-state index is 13.5. The van der Waals surface area contributed by atoms with Crippen LogP contribution in [-0.4, -0.2) is 62.4 Å². The van der Waals surface area contributed by atoms with Crippen molar-refractivity contribution in [1.29, 1.82) is 0 Å². The first-order valence-corrected chi connectivity index (χ1v) is 17.6. The fourth-order valence-corrected chi connectivity index (χ4v) is 8.12. The molecule has 1 aliphatic carbocycles. The summed E-state index contributed by atoms with van der Waals surface area (Å²) in [5.74, 6) is -3.39. The summed E-state index contributed by atoms with van der Waals surface area (Å²) in [6, 6.07) is 8.50. The van der Waals surface area contributed by atoms with Crippen molar-refractivity contribution in [2.45, 2.75) is 73.5 Å². The molecular formula is C26H35F2N3O5SSi. The summed E-state index contributed by atoms with van der Waals surface area (Å²) in [6.07, 6.45) is 0.581.